The molecule has 2 rings (SSSR count). The second-order valence-corrected chi connectivity index (χ2v) is 13.7. The van der Waals surface area contributed by atoms with Crippen molar-refractivity contribution in [3.63, 3.8) is 0 Å². The Morgan fingerprint density at radius 2 is 1.94 bits per heavy atom. The Labute approximate surface area is 173 Å². The molecule has 0 aliphatic carbocycles. The molecule has 0 spiro atoms. The number of rotatable bonds is 9. The van der Waals surface area contributed by atoms with Crippen LogP contribution >= 0.6 is 22.6 Å². The summed E-state index contributed by atoms with van der Waals surface area (Å²) in [6.07, 6.45) is -0.969. The van der Waals surface area contributed by atoms with Crippen molar-refractivity contribution in [1.82, 2.24) is 9.55 Å². The summed E-state index contributed by atoms with van der Waals surface area (Å²) in [4.78, 5) is 65.2. The highest BCUT2D eigenvalue weighted by Crippen LogP contribution is 2.63. The molecule has 0 aromatic carbocycles. The fraction of sp³-hybridized carbons (Fsp3) is 0.667. The van der Waals surface area contributed by atoms with Crippen LogP contribution in [0.3, 0.4) is 0 Å². The number of nitrogens with zero attached hydrogens (tertiary/aromatic N) is 4. The molecule has 0 amide bonds. The van der Waals surface area contributed by atoms with E-state index in [4.69, 9.17) is 24.6 Å². The number of H-pyrrole nitrogens is 1. The lowest BCUT2D eigenvalue weighted by Gasteiger charge is -2.20. The highest BCUT2D eigenvalue weighted by Gasteiger charge is 2.41. The summed E-state index contributed by atoms with van der Waals surface area (Å²) in [6.45, 7) is 0.753. The number of aryl methyl sites for hydroxylation is 1. The zero-order valence-electron chi connectivity index (χ0n) is 15.9. The number of nitrogens with one attached hydrogen (secondary N) is 1. The van der Waals surface area contributed by atoms with E-state index in [1.54, 1.807) is 0 Å². The van der Waals surface area contributed by atoms with Crippen LogP contribution in [0.2, 0.25) is 0 Å². The van der Waals surface area contributed by atoms with Crippen LogP contribution in [0.1, 0.15) is 18.2 Å². The maximum atomic E-state index is 12.1. The van der Waals surface area contributed by atoms with Crippen LogP contribution < -0.4 is 11.2 Å². The van der Waals surface area contributed by atoms with Crippen LogP contribution in [0.15, 0.2) is 20.9 Å². The number of hydrogen-bond donors (Lipinski definition) is 5. The van der Waals surface area contributed by atoms with Gasteiger partial charge in [-0.05, 0) is 12.5 Å². The van der Waals surface area contributed by atoms with Crippen molar-refractivity contribution < 1.29 is 42.5 Å². The lowest BCUT2D eigenvalue weighted by atomic mass is 10.1. The molecule has 1 aromatic rings. The van der Waals surface area contributed by atoms with Crippen molar-refractivity contribution >= 4 is 22.6 Å². The molecule has 0 bridgehead atoms. The number of hydrogen-bond acceptors (Lipinski definition) is 8. The van der Waals surface area contributed by atoms with Gasteiger partial charge in [-0.2, -0.15) is 0 Å². The van der Waals surface area contributed by atoms with Crippen molar-refractivity contribution in [2.24, 2.45) is 5.11 Å². The van der Waals surface area contributed by atoms with Crippen LogP contribution in [-0.4, -0.2) is 59.7 Å². The molecule has 0 radical (unpaired) electrons. The molecule has 2 heterocycles. The lowest BCUT2D eigenvalue weighted by molar-refractivity contribution is -0.0238. The molecule has 174 valence electrons. The average molecular weight is 503 g/mol. The predicted octanol–water partition coefficient (Wildman–Crippen LogP) is 0.377. The molecule has 16 nitrogen and oxygen atoms in total. The van der Waals surface area contributed by atoms with E-state index >= 15 is 0 Å². The lowest BCUT2D eigenvalue weighted by Crippen LogP contribution is -2.33. The zero-order chi connectivity index (χ0) is 23.6. The van der Waals surface area contributed by atoms with E-state index < -0.39 is 70.6 Å². The SMILES string of the molecule is Cc1cn([C@H]2C[C@H](N=[N+]=[N-])[C@@H](COP(=O)(O)CP(=O)(O)CP(=O)(O)O)O2)c(=O)[nH]c1=O. The number of azide groups is 1. The van der Waals surface area contributed by atoms with E-state index in [9.17, 15) is 33.1 Å². The van der Waals surface area contributed by atoms with Crippen LogP contribution in [0.5, 0.6) is 0 Å². The third kappa shape index (κ3) is 7.51. The standard InChI is InChI=1S/C12H20N5O11P3/c1-7-3-17(12(19)14-11(7)18)10-2-8(15-16-13)9(28-10)4-27-31(25,26)6-29(20,21)5-30(22,23)24/h3,8-10H,2,4-6H2,1H3,(H,20,21)(H,25,26)(H,14,18,19)(H2,22,23,24)/t8-,9+,10+/m0/s1. The minimum absolute atomic E-state index is 0.0457. The Morgan fingerprint density at radius 1 is 1.29 bits per heavy atom. The minimum Gasteiger partial charge on any atom is -0.352 e. The van der Waals surface area contributed by atoms with Crippen molar-refractivity contribution in [2.75, 3.05) is 18.4 Å². The molecule has 1 aromatic heterocycles. The summed E-state index contributed by atoms with van der Waals surface area (Å²) in [5.41, 5.74) is 7.53. The van der Waals surface area contributed by atoms with Gasteiger partial charge in [0.2, 0.25) is 7.37 Å². The Balaban J connectivity index is 2.14. The van der Waals surface area contributed by atoms with E-state index in [2.05, 4.69) is 15.0 Å². The van der Waals surface area contributed by atoms with E-state index in [0.717, 1.165) is 4.57 Å². The number of aromatic amines is 1. The quantitative estimate of drug-likeness (QED) is 0.133. The third-order valence-electron chi connectivity index (χ3n) is 4.11. The van der Waals surface area contributed by atoms with Gasteiger partial charge in [0.05, 0.1) is 18.8 Å². The molecule has 5 N–H and O–H groups in total. The van der Waals surface area contributed by atoms with Crippen molar-refractivity contribution in [3.8, 4) is 0 Å². The first-order chi connectivity index (χ1) is 14.1. The number of ether oxygens (including phenoxy) is 1. The molecule has 31 heavy (non-hydrogen) atoms. The molecule has 1 aliphatic rings. The predicted molar refractivity (Wildman–Crippen MR) is 105 cm³/mol. The van der Waals surface area contributed by atoms with E-state index in [-0.39, 0.29) is 12.0 Å². The highest BCUT2D eigenvalue weighted by atomic mass is 31.3. The van der Waals surface area contributed by atoms with Gasteiger partial charge in [0.1, 0.15) is 18.0 Å². The van der Waals surface area contributed by atoms with E-state index in [1.165, 1.54) is 13.1 Å². The monoisotopic (exact) mass is 503 g/mol. The Hall–Kier alpha value is -1.56. The van der Waals surface area contributed by atoms with Crippen LogP contribution in [0.25, 0.3) is 10.4 Å². The van der Waals surface area contributed by atoms with Gasteiger partial charge in [-0.15, -0.1) is 0 Å². The Morgan fingerprint density at radius 3 is 2.52 bits per heavy atom. The molecule has 5 atom stereocenters. The first kappa shape index (κ1) is 25.7. The van der Waals surface area contributed by atoms with Gasteiger partial charge in [0.15, 0.2) is 0 Å². The van der Waals surface area contributed by atoms with Crippen molar-refractivity contribution in [3.05, 3.63) is 43.0 Å². The maximum absolute atomic E-state index is 12.1. The maximum Gasteiger partial charge on any atom is 0.337 e. The second-order valence-electron chi connectivity index (χ2n) is 6.84. The van der Waals surface area contributed by atoms with Gasteiger partial charge < -0.3 is 28.8 Å². The molecular weight excluding hydrogens is 483 g/mol. The summed E-state index contributed by atoms with van der Waals surface area (Å²) in [5, 5.41) is 3.48. The van der Waals surface area contributed by atoms with Gasteiger partial charge in [0.25, 0.3) is 5.56 Å². The summed E-state index contributed by atoms with van der Waals surface area (Å²) in [5.74, 6) is -2.91. The summed E-state index contributed by atoms with van der Waals surface area (Å²) in [7, 11) is -14.4. The van der Waals surface area contributed by atoms with Gasteiger partial charge in [-0.3, -0.25) is 28.0 Å². The Kier molecular flexibility index (Phi) is 7.89. The summed E-state index contributed by atoms with van der Waals surface area (Å²) < 4.78 is 46.2. The summed E-state index contributed by atoms with van der Waals surface area (Å²) >= 11 is 0. The van der Waals surface area contributed by atoms with Gasteiger partial charge >= 0.3 is 20.9 Å². The van der Waals surface area contributed by atoms with Crippen molar-refractivity contribution in [2.45, 2.75) is 31.7 Å². The first-order valence-electron chi connectivity index (χ1n) is 8.46. The number of aromatic nitrogens is 2. The molecule has 19 heteroatoms. The van der Waals surface area contributed by atoms with E-state index in [1.807, 2.05) is 0 Å². The van der Waals surface area contributed by atoms with E-state index in [0.29, 0.717) is 0 Å². The molecule has 1 aliphatic heterocycles. The van der Waals surface area contributed by atoms with Gasteiger partial charge in [0, 0.05) is 23.1 Å². The fourth-order valence-corrected chi connectivity index (χ4v) is 9.27. The zero-order valence-corrected chi connectivity index (χ0v) is 18.6. The fourth-order valence-electron chi connectivity index (χ4n) is 2.87. The molecule has 1 fully saturated rings. The second kappa shape index (κ2) is 9.51. The Bertz CT molecular complexity index is 1140. The first-order valence-corrected chi connectivity index (χ1v) is 14.0. The van der Waals surface area contributed by atoms with Crippen LogP contribution in [0, 0.1) is 6.92 Å². The smallest absolute Gasteiger partial charge is 0.337 e. The average Bonchev–Trinajstić information content (AvgIpc) is 2.96. The molecule has 0 saturated carbocycles. The van der Waals surface area contributed by atoms with Gasteiger partial charge in [-0.25, -0.2) is 4.79 Å². The van der Waals surface area contributed by atoms with Crippen LogP contribution in [0.4, 0.5) is 0 Å². The molecular formula is C12H20N5O11P3. The topological polar surface area (TPSA) is 254 Å². The molecule has 2 unspecified atom stereocenters. The van der Waals surface area contributed by atoms with Crippen molar-refractivity contribution in [1.29, 1.82) is 0 Å². The largest absolute Gasteiger partial charge is 0.352 e. The third-order valence-corrected chi connectivity index (χ3v) is 11.1. The van der Waals surface area contributed by atoms with Crippen LogP contribution in [-0.2, 0) is 23.0 Å². The minimum atomic E-state index is -4.92. The van der Waals surface area contributed by atoms with Gasteiger partial charge in [-0.1, -0.05) is 5.11 Å². The summed E-state index contributed by atoms with van der Waals surface area (Å²) in [6, 6.07) is -0.954. The highest BCUT2D eigenvalue weighted by molar-refractivity contribution is 7.79. The molecule has 1 saturated heterocycles. The normalized spacial score (nSPS) is 25.4.